The number of furan rings is 1. The van der Waals surface area contributed by atoms with Crippen molar-refractivity contribution in [2.24, 2.45) is 0 Å². The molecule has 0 unspecified atom stereocenters. The monoisotopic (exact) mass is 93.0 g/mol. The molecular weight excluding hydrogens is 88.1 g/mol. The van der Waals surface area contributed by atoms with Crippen LogP contribution in [0.25, 0.3) is 6.08 Å². The van der Waals surface area contributed by atoms with E-state index < -0.39 is 0 Å². The Kier molecular flexibility index (Phi) is 0.984. The number of rotatable bonds is 1. The van der Waals surface area contributed by atoms with Crippen LogP contribution < -0.4 is 0 Å². The van der Waals surface area contributed by atoms with Gasteiger partial charge in [-0.25, -0.2) is 0 Å². The third-order valence-electron chi connectivity index (χ3n) is 0.736. The molecule has 1 nitrogen and oxygen atoms in total. The molecule has 1 rings (SSSR count). The van der Waals surface area contributed by atoms with Crippen LogP contribution in [-0.4, -0.2) is 0 Å². The summed E-state index contributed by atoms with van der Waals surface area (Å²) in [5, 5.41) is 0. The highest BCUT2D eigenvalue weighted by atomic mass is 16.3. The average molecular weight is 93.1 g/mol. The van der Waals surface area contributed by atoms with Crippen LogP contribution in [0, 0.1) is 6.58 Å². The average Bonchev–Trinajstić information content (AvgIpc) is 2.14. The van der Waals surface area contributed by atoms with Crippen LogP contribution in [0.4, 0.5) is 0 Å². The third kappa shape index (κ3) is 0.712. The van der Waals surface area contributed by atoms with Crippen molar-refractivity contribution in [2.75, 3.05) is 0 Å². The van der Waals surface area contributed by atoms with Crippen molar-refractivity contribution in [3.63, 3.8) is 0 Å². The Hall–Kier alpha value is -0.980. The summed E-state index contributed by atoms with van der Waals surface area (Å²) in [5.41, 5.74) is 0.917. The van der Waals surface area contributed by atoms with Gasteiger partial charge in [-0.1, -0.05) is 12.7 Å². The van der Waals surface area contributed by atoms with Gasteiger partial charge < -0.3 is 4.42 Å². The largest absolute Gasteiger partial charge is 0.472 e. The first kappa shape index (κ1) is 4.19. The van der Waals surface area contributed by atoms with Crippen molar-refractivity contribution in [3.8, 4) is 0 Å². The molecular formula is C6H5O. The molecule has 1 heteroatoms. The summed E-state index contributed by atoms with van der Waals surface area (Å²) < 4.78 is 4.69. The zero-order chi connectivity index (χ0) is 5.11. The standard InChI is InChI=1S/C6H5O/c1-2-6-3-4-7-5-6/h1-5H. The topological polar surface area (TPSA) is 13.1 Å². The van der Waals surface area contributed by atoms with Gasteiger partial charge in [0.05, 0.1) is 12.5 Å². The fourth-order valence-corrected chi connectivity index (χ4v) is 0.370. The predicted molar refractivity (Wildman–Crippen MR) is 27.5 cm³/mol. The molecule has 35 valence electrons. The summed E-state index contributed by atoms with van der Waals surface area (Å²) >= 11 is 0. The first-order valence-corrected chi connectivity index (χ1v) is 2.00. The first-order chi connectivity index (χ1) is 3.43. The molecule has 0 N–H and O–H groups in total. The van der Waals surface area contributed by atoms with E-state index in [1.165, 1.54) is 6.08 Å². The van der Waals surface area contributed by atoms with E-state index in [1.807, 2.05) is 0 Å². The molecule has 0 amide bonds. The molecule has 0 atom stereocenters. The minimum Gasteiger partial charge on any atom is -0.472 e. The highest BCUT2D eigenvalue weighted by Crippen LogP contribution is 1.98. The van der Waals surface area contributed by atoms with E-state index in [9.17, 15) is 0 Å². The molecule has 0 aromatic carbocycles. The van der Waals surface area contributed by atoms with Crippen LogP contribution in [-0.2, 0) is 0 Å². The molecule has 0 spiro atoms. The normalized spacial score (nSPS) is 8.57. The molecule has 1 aromatic rings. The number of hydrogen-bond acceptors (Lipinski definition) is 1. The maximum absolute atomic E-state index is 5.11. The molecule has 1 heterocycles. The van der Waals surface area contributed by atoms with Crippen molar-refractivity contribution in [3.05, 3.63) is 30.7 Å². The number of hydrogen-bond donors (Lipinski definition) is 0. The van der Waals surface area contributed by atoms with Crippen LogP contribution in [0.3, 0.4) is 0 Å². The molecule has 1 aromatic heterocycles. The SMILES string of the molecule is [CH]=Cc1ccoc1. The Morgan fingerprint density at radius 2 is 2.57 bits per heavy atom. The van der Waals surface area contributed by atoms with Crippen LogP contribution in [0.1, 0.15) is 5.56 Å². The van der Waals surface area contributed by atoms with Crippen molar-refractivity contribution in [1.29, 1.82) is 0 Å². The van der Waals surface area contributed by atoms with E-state index in [2.05, 4.69) is 0 Å². The Morgan fingerprint density at radius 3 is 2.86 bits per heavy atom. The van der Waals surface area contributed by atoms with Crippen molar-refractivity contribution in [1.82, 2.24) is 0 Å². The zero-order valence-electron chi connectivity index (χ0n) is 3.79. The van der Waals surface area contributed by atoms with E-state index in [0.717, 1.165) is 5.56 Å². The summed E-state index contributed by atoms with van der Waals surface area (Å²) in [6, 6.07) is 1.79. The van der Waals surface area contributed by atoms with Gasteiger partial charge in [-0.3, -0.25) is 0 Å². The predicted octanol–water partition coefficient (Wildman–Crippen LogP) is 1.73. The fourth-order valence-electron chi connectivity index (χ4n) is 0.370. The van der Waals surface area contributed by atoms with Gasteiger partial charge in [-0.15, -0.1) is 0 Å². The molecule has 0 aliphatic rings. The Labute approximate surface area is 42.3 Å². The molecule has 0 bridgehead atoms. The van der Waals surface area contributed by atoms with E-state index in [4.69, 9.17) is 11.0 Å². The lowest BCUT2D eigenvalue weighted by molar-refractivity contribution is 0.567. The van der Waals surface area contributed by atoms with Crippen LogP contribution in [0.15, 0.2) is 23.0 Å². The maximum Gasteiger partial charge on any atom is 0.0974 e. The minimum absolute atomic E-state index is 0.917. The van der Waals surface area contributed by atoms with Crippen LogP contribution in [0.2, 0.25) is 0 Å². The minimum atomic E-state index is 0.917. The zero-order valence-corrected chi connectivity index (χ0v) is 3.79. The third-order valence-corrected chi connectivity index (χ3v) is 0.736. The lowest BCUT2D eigenvalue weighted by Gasteiger charge is -1.68. The van der Waals surface area contributed by atoms with E-state index in [-0.39, 0.29) is 0 Å². The summed E-state index contributed by atoms with van der Waals surface area (Å²) in [6.07, 6.45) is 4.65. The van der Waals surface area contributed by atoms with Crippen molar-refractivity contribution < 1.29 is 4.42 Å². The quantitative estimate of drug-likeness (QED) is 0.515. The van der Waals surface area contributed by atoms with Gasteiger partial charge in [0.2, 0.25) is 0 Å². The molecule has 0 saturated heterocycles. The second kappa shape index (κ2) is 1.65. The highest BCUT2D eigenvalue weighted by molar-refractivity contribution is 5.42. The lowest BCUT2D eigenvalue weighted by Crippen LogP contribution is -1.51. The van der Waals surface area contributed by atoms with Crippen molar-refractivity contribution >= 4 is 6.08 Å². The molecule has 0 fully saturated rings. The maximum atomic E-state index is 5.11. The molecule has 0 saturated carbocycles. The van der Waals surface area contributed by atoms with Gasteiger partial charge in [-0.2, -0.15) is 0 Å². The molecule has 7 heavy (non-hydrogen) atoms. The van der Waals surface area contributed by atoms with E-state index >= 15 is 0 Å². The van der Waals surface area contributed by atoms with Gasteiger partial charge in [0.15, 0.2) is 0 Å². The van der Waals surface area contributed by atoms with Gasteiger partial charge >= 0.3 is 0 Å². The van der Waals surface area contributed by atoms with Crippen LogP contribution >= 0.6 is 0 Å². The van der Waals surface area contributed by atoms with E-state index in [1.54, 1.807) is 18.6 Å². The summed E-state index contributed by atoms with van der Waals surface area (Å²) in [4.78, 5) is 0. The Bertz CT molecular complexity index is 139. The first-order valence-electron chi connectivity index (χ1n) is 2.00. The summed E-state index contributed by atoms with van der Waals surface area (Å²) in [5.74, 6) is 0. The molecule has 0 aliphatic carbocycles. The molecule has 0 aliphatic heterocycles. The Balaban J connectivity index is 2.96. The molecule has 1 radical (unpaired) electrons. The van der Waals surface area contributed by atoms with E-state index in [0.29, 0.717) is 0 Å². The second-order valence-electron chi connectivity index (χ2n) is 1.22. The summed E-state index contributed by atoms with van der Waals surface area (Å²) in [6.45, 7) is 5.11. The fraction of sp³-hybridized carbons (Fsp3) is 0. The highest BCUT2D eigenvalue weighted by Gasteiger charge is 1.80. The van der Waals surface area contributed by atoms with Gasteiger partial charge in [-0.05, 0) is 6.07 Å². The van der Waals surface area contributed by atoms with Gasteiger partial charge in [0.25, 0.3) is 0 Å². The van der Waals surface area contributed by atoms with Gasteiger partial charge in [0.1, 0.15) is 0 Å². The second-order valence-corrected chi connectivity index (χ2v) is 1.22. The van der Waals surface area contributed by atoms with Crippen molar-refractivity contribution in [2.45, 2.75) is 0 Å². The van der Waals surface area contributed by atoms with Gasteiger partial charge in [0, 0.05) is 5.56 Å². The Morgan fingerprint density at radius 1 is 1.71 bits per heavy atom. The lowest BCUT2D eigenvalue weighted by atomic mass is 10.3. The van der Waals surface area contributed by atoms with Crippen LogP contribution in [0.5, 0.6) is 0 Å². The summed E-state index contributed by atoms with van der Waals surface area (Å²) in [7, 11) is 0. The smallest absolute Gasteiger partial charge is 0.0974 e.